The van der Waals surface area contributed by atoms with Gasteiger partial charge in [0.15, 0.2) is 0 Å². The first-order valence-electron chi connectivity index (χ1n) is 6.12. The lowest BCUT2D eigenvalue weighted by molar-refractivity contribution is 0.276. The molecular formula is C13H17NO4S2. The van der Waals surface area contributed by atoms with Crippen LogP contribution in [0.5, 0.6) is 0 Å². The van der Waals surface area contributed by atoms with Crippen molar-refractivity contribution in [1.82, 2.24) is 4.72 Å². The normalized spacial score (nSPS) is 13.6. The van der Waals surface area contributed by atoms with E-state index in [1.807, 2.05) is 17.5 Å². The fourth-order valence-electron chi connectivity index (χ4n) is 2.13. The molecule has 5 nitrogen and oxygen atoms in total. The van der Waals surface area contributed by atoms with Crippen molar-refractivity contribution in [1.29, 1.82) is 0 Å². The van der Waals surface area contributed by atoms with Crippen molar-refractivity contribution in [2.75, 3.05) is 0 Å². The molecule has 2 heterocycles. The summed E-state index contributed by atoms with van der Waals surface area (Å²) >= 11 is 1.49. The summed E-state index contributed by atoms with van der Waals surface area (Å²) in [5, 5.41) is 11.2. The van der Waals surface area contributed by atoms with Crippen molar-refractivity contribution in [3.8, 4) is 0 Å². The van der Waals surface area contributed by atoms with Gasteiger partial charge in [-0.1, -0.05) is 6.07 Å². The van der Waals surface area contributed by atoms with Crippen LogP contribution in [0, 0.1) is 13.8 Å². The molecule has 0 bridgehead atoms. The standard InChI is InChI=1S/C13H17NO4S2/c1-8(12-5-4-6-19-12)14-20(16,17)13-10(3)18-9(2)11(13)7-15/h4-6,8,14-15H,7H2,1-3H3. The van der Waals surface area contributed by atoms with Crippen LogP contribution in [-0.2, 0) is 16.6 Å². The number of hydrogen-bond acceptors (Lipinski definition) is 5. The Morgan fingerprint density at radius 3 is 2.65 bits per heavy atom. The summed E-state index contributed by atoms with van der Waals surface area (Å²) in [7, 11) is -3.74. The van der Waals surface area contributed by atoms with Gasteiger partial charge in [-0.3, -0.25) is 0 Å². The van der Waals surface area contributed by atoms with E-state index in [-0.39, 0.29) is 23.3 Å². The highest BCUT2D eigenvalue weighted by molar-refractivity contribution is 7.89. The Labute approximate surface area is 122 Å². The molecule has 2 N–H and O–H groups in total. The summed E-state index contributed by atoms with van der Waals surface area (Å²) in [5.74, 6) is 0.714. The largest absolute Gasteiger partial charge is 0.465 e. The van der Waals surface area contributed by atoms with Gasteiger partial charge in [0.2, 0.25) is 10.0 Å². The third-order valence-electron chi connectivity index (χ3n) is 3.05. The molecule has 0 spiro atoms. The molecule has 0 aromatic carbocycles. The lowest BCUT2D eigenvalue weighted by Crippen LogP contribution is -2.27. The van der Waals surface area contributed by atoms with Crippen molar-refractivity contribution >= 4 is 21.4 Å². The fraction of sp³-hybridized carbons (Fsp3) is 0.385. The van der Waals surface area contributed by atoms with Crippen LogP contribution in [-0.4, -0.2) is 13.5 Å². The van der Waals surface area contributed by atoms with Crippen LogP contribution in [0.2, 0.25) is 0 Å². The third-order valence-corrected chi connectivity index (χ3v) is 5.84. The van der Waals surface area contributed by atoms with Crippen LogP contribution in [0.1, 0.15) is 34.9 Å². The maximum Gasteiger partial charge on any atom is 0.244 e. The van der Waals surface area contributed by atoms with E-state index < -0.39 is 10.0 Å². The summed E-state index contributed by atoms with van der Waals surface area (Å²) < 4.78 is 32.9. The summed E-state index contributed by atoms with van der Waals surface area (Å²) in [6.45, 7) is 4.63. The zero-order valence-corrected chi connectivity index (χ0v) is 13.1. The van der Waals surface area contributed by atoms with Gasteiger partial charge in [-0.15, -0.1) is 11.3 Å². The van der Waals surface area contributed by atoms with Crippen LogP contribution in [0.4, 0.5) is 0 Å². The minimum atomic E-state index is -3.74. The van der Waals surface area contributed by atoms with Gasteiger partial charge in [-0.25, -0.2) is 13.1 Å². The zero-order chi connectivity index (χ0) is 14.9. The van der Waals surface area contributed by atoms with Crippen molar-refractivity contribution < 1.29 is 17.9 Å². The second kappa shape index (κ2) is 5.69. The Morgan fingerprint density at radius 2 is 2.10 bits per heavy atom. The number of aryl methyl sites for hydroxylation is 2. The number of aliphatic hydroxyl groups is 1. The smallest absolute Gasteiger partial charge is 0.244 e. The molecule has 0 amide bonds. The van der Waals surface area contributed by atoms with Gasteiger partial charge in [-0.05, 0) is 32.2 Å². The van der Waals surface area contributed by atoms with Crippen molar-refractivity contribution in [3.63, 3.8) is 0 Å². The summed E-state index contributed by atoms with van der Waals surface area (Å²) in [5.41, 5.74) is 0.313. The molecule has 0 fully saturated rings. The predicted molar refractivity (Wildman–Crippen MR) is 77.2 cm³/mol. The lowest BCUT2D eigenvalue weighted by Gasteiger charge is -2.13. The van der Waals surface area contributed by atoms with Crippen LogP contribution in [0.15, 0.2) is 26.8 Å². The molecule has 2 aromatic rings. The van der Waals surface area contributed by atoms with Gasteiger partial charge >= 0.3 is 0 Å². The zero-order valence-electron chi connectivity index (χ0n) is 11.5. The number of aliphatic hydroxyl groups excluding tert-OH is 1. The molecule has 0 aliphatic rings. The maximum atomic E-state index is 12.5. The van der Waals surface area contributed by atoms with Crippen LogP contribution in [0.25, 0.3) is 0 Å². The number of thiophene rings is 1. The second-order valence-corrected chi connectivity index (χ2v) is 7.17. The Kier molecular flexibility index (Phi) is 4.33. The molecule has 0 saturated heterocycles. The highest BCUT2D eigenvalue weighted by Crippen LogP contribution is 2.28. The van der Waals surface area contributed by atoms with E-state index in [0.29, 0.717) is 11.3 Å². The van der Waals surface area contributed by atoms with Crippen LogP contribution in [0.3, 0.4) is 0 Å². The van der Waals surface area contributed by atoms with E-state index >= 15 is 0 Å². The van der Waals surface area contributed by atoms with Crippen LogP contribution >= 0.6 is 11.3 Å². The first-order valence-corrected chi connectivity index (χ1v) is 8.48. The summed E-state index contributed by atoms with van der Waals surface area (Å²) in [4.78, 5) is 0.970. The Morgan fingerprint density at radius 1 is 1.40 bits per heavy atom. The molecule has 20 heavy (non-hydrogen) atoms. The predicted octanol–water partition coefficient (Wildman–Crippen LogP) is 2.49. The molecule has 0 radical (unpaired) electrons. The van der Waals surface area contributed by atoms with Crippen molar-refractivity contribution in [2.45, 2.75) is 38.3 Å². The molecule has 1 unspecified atom stereocenters. The molecule has 1 atom stereocenters. The van der Waals surface area contributed by atoms with E-state index in [9.17, 15) is 13.5 Å². The maximum absolute atomic E-state index is 12.5. The van der Waals surface area contributed by atoms with E-state index in [4.69, 9.17) is 4.42 Å². The van der Waals surface area contributed by atoms with Gasteiger partial charge in [0.05, 0.1) is 12.6 Å². The number of furan rings is 1. The Bertz CT molecular complexity index is 686. The first kappa shape index (κ1) is 15.2. The number of hydrogen-bond donors (Lipinski definition) is 2. The molecule has 0 aliphatic heterocycles. The van der Waals surface area contributed by atoms with Crippen molar-refractivity contribution in [2.24, 2.45) is 0 Å². The molecule has 0 saturated carbocycles. The topological polar surface area (TPSA) is 79.5 Å². The molecule has 2 aromatic heterocycles. The fourth-order valence-corrected chi connectivity index (χ4v) is 4.60. The van der Waals surface area contributed by atoms with Gasteiger partial charge in [0.25, 0.3) is 0 Å². The molecular weight excluding hydrogens is 298 g/mol. The van der Waals surface area contributed by atoms with Gasteiger partial charge in [0.1, 0.15) is 16.4 Å². The van der Waals surface area contributed by atoms with Gasteiger partial charge in [0, 0.05) is 10.4 Å². The summed E-state index contributed by atoms with van der Waals surface area (Å²) in [6, 6.07) is 3.41. The molecule has 7 heteroatoms. The average molecular weight is 315 g/mol. The minimum Gasteiger partial charge on any atom is -0.465 e. The highest BCUT2D eigenvalue weighted by Gasteiger charge is 2.28. The lowest BCUT2D eigenvalue weighted by atomic mass is 10.2. The van der Waals surface area contributed by atoms with Gasteiger partial charge in [-0.2, -0.15) is 0 Å². The van der Waals surface area contributed by atoms with E-state index in [1.54, 1.807) is 20.8 Å². The quantitative estimate of drug-likeness (QED) is 0.888. The molecule has 2 rings (SSSR count). The SMILES string of the molecule is Cc1oc(C)c(S(=O)(=O)NC(C)c2cccs2)c1CO. The third kappa shape index (κ3) is 2.80. The number of nitrogens with one attached hydrogen (secondary N) is 1. The minimum absolute atomic E-state index is 0.0425. The second-order valence-electron chi connectivity index (χ2n) is 4.54. The van der Waals surface area contributed by atoms with Crippen LogP contribution < -0.4 is 4.72 Å². The first-order chi connectivity index (χ1) is 9.36. The van der Waals surface area contributed by atoms with E-state index in [1.165, 1.54) is 11.3 Å². The van der Waals surface area contributed by atoms with Crippen molar-refractivity contribution in [3.05, 3.63) is 39.5 Å². The van der Waals surface area contributed by atoms with E-state index in [0.717, 1.165) is 4.88 Å². The average Bonchev–Trinajstić information content (AvgIpc) is 2.95. The Hall–Kier alpha value is -1.15. The Balaban J connectivity index is 2.36. The molecule has 110 valence electrons. The molecule has 0 aliphatic carbocycles. The number of sulfonamides is 1. The summed E-state index contributed by atoms with van der Waals surface area (Å²) in [6.07, 6.45) is 0. The highest BCUT2D eigenvalue weighted by atomic mass is 32.2. The van der Waals surface area contributed by atoms with E-state index in [2.05, 4.69) is 4.72 Å². The monoisotopic (exact) mass is 315 g/mol. The number of rotatable bonds is 5. The van der Waals surface area contributed by atoms with Gasteiger partial charge < -0.3 is 9.52 Å².